The molecule has 0 aliphatic heterocycles. The van der Waals surface area contributed by atoms with Crippen LogP contribution in [0.25, 0.3) is 0 Å². The lowest BCUT2D eigenvalue weighted by atomic mass is 10.0. The summed E-state index contributed by atoms with van der Waals surface area (Å²) in [6.07, 6.45) is 3.58. The molecule has 8 aromatic carbocycles. The van der Waals surface area contributed by atoms with Gasteiger partial charge in [-0.1, -0.05) is 121 Å². The van der Waals surface area contributed by atoms with Gasteiger partial charge in [0.2, 0.25) is 0 Å². The summed E-state index contributed by atoms with van der Waals surface area (Å²) in [5.74, 6) is 6.12. The minimum atomic E-state index is -5.17. The van der Waals surface area contributed by atoms with Crippen molar-refractivity contribution in [2.24, 2.45) is 10.3 Å². The number of halogens is 11. The predicted molar refractivity (Wildman–Crippen MR) is 531 cm³/mol. The van der Waals surface area contributed by atoms with Crippen molar-refractivity contribution >= 4 is 101 Å². The first-order valence-electron chi connectivity index (χ1n) is 43.7. The zero-order valence-electron chi connectivity index (χ0n) is 80.3. The second kappa shape index (κ2) is 68.0. The van der Waals surface area contributed by atoms with Gasteiger partial charge in [0.1, 0.15) is 103 Å². The highest BCUT2D eigenvalue weighted by molar-refractivity contribution is 7.56. The zero-order valence-corrected chi connectivity index (χ0v) is 87.7. The topological polar surface area (TPSA) is 283 Å². The van der Waals surface area contributed by atoms with Gasteiger partial charge in [-0.15, -0.1) is 61.1 Å². The van der Waals surface area contributed by atoms with E-state index in [1.54, 1.807) is 35.4 Å². The molecule has 30 nitrogen and oxygen atoms in total. The van der Waals surface area contributed by atoms with Gasteiger partial charge in [0.25, 0.3) is 0 Å². The van der Waals surface area contributed by atoms with Crippen molar-refractivity contribution in [1.82, 2.24) is 19.6 Å². The van der Waals surface area contributed by atoms with Crippen LogP contribution in [0.15, 0.2) is 204 Å². The molecule has 0 radical (unpaired) electrons. The Hall–Kier alpha value is -7.35. The Bertz CT molecular complexity index is 4990. The SMILES string of the molecule is COc1cccc(CCc2ccccc2OCC(CN(C)C)OCOP(=O)(F)OC(C)C(C)Cl)c1.COc1cccc(CCc2ccccc2OCC(CN(C)C)OCO[P+](F)(OCCCl)O/N=C(\F)Cl)c1.COc1cccc(CCc2ccccc2OCC(CN(C)C)OCO[P@@](=O)(F)O/N=C(\F)Cl)c1.COc1cccc(CCc2ccccc2OCC(CN(C)C)OCO[P@](=O)(F)OCCCl)c1. The van der Waals surface area contributed by atoms with Crippen molar-refractivity contribution in [3.8, 4) is 46.0 Å². The van der Waals surface area contributed by atoms with Crippen molar-refractivity contribution in [3.63, 3.8) is 0 Å². The number of methoxy groups -OCH3 is 4. The number of likely N-dealkylation sites (N-methyl/N-ethyl adjacent to an activating group) is 4. The Morgan fingerprint density at radius 2 is 0.676 bits per heavy atom. The quantitative estimate of drug-likeness (QED) is 0.00854. The van der Waals surface area contributed by atoms with Crippen LogP contribution in [0, 0.1) is 0 Å². The molecule has 45 heteroatoms. The average Bonchev–Trinajstić information content (AvgIpc) is 0.868. The van der Waals surface area contributed by atoms with E-state index < -0.39 is 106 Å². The van der Waals surface area contributed by atoms with Crippen LogP contribution >= 0.6 is 90.0 Å². The van der Waals surface area contributed by atoms with Crippen molar-refractivity contribution in [3.05, 3.63) is 239 Å². The second-order valence-corrected chi connectivity index (χ2v) is 39.0. The van der Waals surface area contributed by atoms with Crippen molar-refractivity contribution in [1.29, 1.82) is 0 Å². The fourth-order valence-electron chi connectivity index (χ4n) is 12.5. The number of nitrogens with zero attached hydrogens (tertiary/aromatic N) is 6. The molecule has 0 aromatic heterocycles. The number of alkyl halides is 3. The molecule has 0 fully saturated rings. The molecule has 774 valence electrons. The molecule has 0 spiro atoms. The van der Waals surface area contributed by atoms with E-state index in [9.17, 15) is 39.3 Å². The maximum Gasteiger partial charge on any atom is 0.693 e. The van der Waals surface area contributed by atoms with Gasteiger partial charge < -0.3 is 76.4 Å². The number of oxime groups is 2. The molecule has 8 unspecified atom stereocenters. The van der Waals surface area contributed by atoms with Gasteiger partial charge in [0.05, 0.1) is 56.6 Å². The van der Waals surface area contributed by atoms with Gasteiger partial charge in [-0.05, 0) is 267 Å². The number of benzene rings is 8. The third-order valence-corrected chi connectivity index (χ3v) is 23.8. The Labute approximate surface area is 837 Å². The predicted octanol–water partition coefficient (Wildman–Crippen LogP) is 22.5. The number of aryl methyl sites for hydroxylation is 8. The van der Waals surface area contributed by atoms with Crippen LogP contribution in [0.2, 0.25) is 0 Å². The molecule has 0 amide bonds. The van der Waals surface area contributed by atoms with E-state index in [-0.39, 0.29) is 51.4 Å². The van der Waals surface area contributed by atoms with Crippen LogP contribution in [-0.2, 0) is 125 Å². The molecule has 0 aliphatic rings. The fourth-order valence-corrected chi connectivity index (χ4v) is 15.8. The van der Waals surface area contributed by atoms with E-state index in [1.165, 1.54) is 18.1 Å². The number of para-hydroxylation sites is 4. The minimum Gasteiger partial charge on any atom is -0.497 e. The lowest BCUT2D eigenvalue weighted by Gasteiger charge is -2.23. The van der Waals surface area contributed by atoms with Gasteiger partial charge in [-0.25, -0.2) is 18.2 Å². The fraction of sp³-hybridized carbons (Fsp3) is 0.468. The zero-order chi connectivity index (χ0) is 102. The summed E-state index contributed by atoms with van der Waals surface area (Å²) in [5.41, 5.74) is 5.64. The van der Waals surface area contributed by atoms with Gasteiger partial charge in [-0.3, -0.25) is 22.7 Å². The van der Waals surface area contributed by atoms with Crippen LogP contribution in [0.5, 0.6) is 46.0 Å². The highest BCUT2D eigenvalue weighted by Crippen LogP contribution is 2.64. The molecule has 0 bridgehead atoms. The van der Waals surface area contributed by atoms with Gasteiger partial charge in [-0.2, -0.15) is 8.78 Å². The smallest absolute Gasteiger partial charge is 0.497 e. The lowest BCUT2D eigenvalue weighted by molar-refractivity contribution is -0.0762. The maximum atomic E-state index is 14.8. The molecule has 8 aromatic rings. The number of hydrogen-bond donors (Lipinski definition) is 0. The molecule has 139 heavy (non-hydrogen) atoms. The second-order valence-electron chi connectivity index (χ2n) is 31.4. The summed E-state index contributed by atoms with van der Waals surface area (Å²) >= 11 is 26.5. The van der Waals surface area contributed by atoms with Crippen LogP contribution in [-0.4, -0.2) is 256 Å². The standard InChI is InChI=1S/C25H36ClFNO6P.C24H32Cl2F2N2O6P.C23H32ClFNO6P.C22H28ClF2N2O6P/c1-19(26)20(2)34-35(27,29)33-18-32-24(16-28(3)4)17-31-25-12-7-6-10-22(25)14-13-21-9-8-11-23(15-21)30-5;1-30(2)16-22(33-18-35-37(28,34-14-13-25)36-29-24(26)27)17-32-23-10-5-4-8-20(23)12-11-19-7-6-9-21(15-19)31-3;1-26(2)16-22(30-18-32-33(25,27)31-14-13-24)17-29-23-10-5-4-8-20(23)12-11-19-7-6-9-21(15-19)28-3;1-27(2)14-20(31-16-32-34(25,28)33-26-22(23)24)15-30-21-10-5-4-8-18(21)12-11-17-7-6-9-19(13-17)29-3/h6-12,15,19-20,24H,13-14,16-18H2,1-5H3;4-10,15,22H,11-14,16-18H2,1-3H3;4-10,15,22H,11-14,16-18H2,1-3H3;4-10,13,20H,11-12,14-16H2,1-3H3/q;+1;;/b;29-24-;;26-22-/t;;22?,33-;20?,34-/m..00/s1. The Kier molecular flexibility index (Phi) is 59.8. The Morgan fingerprint density at radius 3 is 0.964 bits per heavy atom. The van der Waals surface area contributed by atoms with E-state index in [2.05, 4.69) is 45.3 Å². The molecule has 0 heterocycles. The van der Waals surface area contributed by atoms with Crippen LogP contribution < -0.4 is 37.9 Å². The lowest BCUT2D eigenvalue weighted by Crippen LogP contribution is -2.34. The first-order chi connectivity index (χ1) is 66.3. The molecule has 8 rings (SSSR count). The highest BCUT2D eigenvalue weighted by Gasteiger charge is 2.52. The van der Waals surface area contributed by atoms with Gasteiger partial charge in [0.15, 0.2) is 27.2 Å². The first-order valence-corrected chi connectivity index (χ1v) is 51.7. The van der Waals surface area contributed by atoms with Gasteiger partial charge in [0, 0.05) is 37.2 Å². The number of rotatable bonds is 65. The summed E-state index contributed by atoms with van der Waals surface area (Å²) < 4.78 is 225. The van der Waals surface area contributed by atoms with Crippen molar-refractivity contribution in [2.45, 2.75) is 101 Å². The van der Waals surface area contributed by atoms with Crippen LogP contribution in [0.4, 0.5) is 25.6 Å². The van der Waals surface area contributed by atoms with Crippen LogP contribution in [0.3, 0.4) is 0 Å². The molecular formula is C94H128Cl5F6N6O24P4+. The van der Waals surface area contributed by atoms with E-state index in [0.717, 1.165) is 119 Å². The van der Waals surface area contributed by atoms with Crippen molar-refractivity contribution < 1.29 is 137 Å². The molecule has 0 N–H and O–H groups in total. The highest BCUT2D eigenvalue weighted by atomic mass is 35.5. The molecule has 0 saturated heterocycles. The summed E-state index contributed by atoms with van der Waals surface area (Å²) in [6, 6.07) is 62.7. The third-order valence-electron chi connectivity index (χ3n) is 19.2. The molecule has 0 aliphatic carbocycles. The number of ether oxygens (including phenoxy) is 12. The van der Waals surface area contributed by atoms with Crippen molar-refractivity contribution in [2.75, 3.05) is 190 Å². The summed E-state index contributed by atoms with van der Waals surface area (Å²) in [7, 11) is 2.24. The van der Waals surface area contributed by atoms with Gasteiger partial charge >= 0.3 is 42.8 Å². The van der Waals surface area contributed by atoms with E-state index in [4.69, 9.17) is 133 Å². The minimum absolute atomic E-state index is 0.00640. The Morgan fingerprint density at radius 1 is 0.381 bits per heavy atom. The monoisotopic (exact) mass is 2140 g/mol. The van der Waals surface area contributed by atoms with E-state index in [0.29, 0.717) is 37.7 Å². The molecular weight excluding hydrogens is 2010 g/mol. The van der Waals surface area contributed by atoms with Crippen LogP contribution in [0.1, 0.15) is 58.4 Å². The largest absolute Gasteiger partial charge is 0.693 e. The molecule has 10 atom stereocenters. The first kappa shape index (κ1) is 122. The summed E-state index contributed by atoms with van der Waals surface area (Å²) in [4.78, 5) is 7.53. The normalized spacial score (nSPS) is 14.7. The maximum absolute atomic E-state index is 14.8. The van der Waals surface area contributed by atoms with E-state index in [1.807, 2.05) is 258 Å². The Balaban J connectivity index is 0.000000327. The molecule has 0 saturated carbocycles. The summed E-state index contributed by atoms with van der Waals surface area (Å²) in [5, 5.41) is 4.64. The van der Waals surface area contributed by atoms with E-state index >= 15 is 0 Å². The third kappa shape index (κ3) is 54.2. The number of hydrogen-bond acceptors (Lipinski definition) is 30. The average molecular weight is 2140 g/mol. The summed E-state index contributed by atoms with van der Waals surface area (Å²) in [6.45, 7) is 2.81.